The number of halogens is 2. The van der Waals surface area contributed by atoms with E-state index in [1.807, 2.05) is 0 Å². The van der Waals surface area contributed by atoms with Gasteiger partial charge >= 0.3 is 5.97 Å². The van der Waals surface area contributed by atoms with Gasteiger partial charge in [-0.05, 0) is 0 Å². The molecule has 1 aliphatic rings. The summed E-state index contributed by atoms with van der Waals surface area (Å²) in [5.41, 5.74) is 0. The van der Waals surface area contributed by atoms with E-state index in [1.165, 1.54) is 7.11 Å². The molecule has 1 unspecified atom stereocenters. The second-order valence-corrected chi connectivity index (χ2v) is 3.06. The van der Waals surface area contributed by atoms with E-state index >= 15 is 0 Å². The fourth-order valence-electron chi connectivity index (χ4n) is 1.25. The summed E-state index contributed by atoms with van der Waals surface area (Å²) in [5.74, 6) is -4.45. The van der Waals surface area contributed by atoms with Crippen molar-refractivity contribution in [3.63, 3.8) is 0 Å². The highest BCUT2D eigenvalue weighted by Crippen LogP contribution is 2.34. The largest absolute Gasteiger partial charge is 0.469 e. The van der Waals surface area contributed by atoms with Gasteiger partial charge in [-0.1, -0.05) is 0 Å². The molecule has 0 aromatic carbocycles. The maximum absolute atomic E-state index is 13.1. The zero-order valence-corrected chi connectivity index (χ0v) is 7.39. The maximum atomic E-state index is 13.1. The summed E-state index contributed by atoms with van der Waals surface area (Å²) >= 11 is 0. The Hall–Kier alpha value is -0.710. The van der Waals surface area contributed by atoms with Crippen molar-refractivity contribution in [2.24, 2.45) is 5.92 Å². The molecule has 5 heteroatoms. The molecule has 0 spiro atoms. The normalized spacial score (nSPS) is 26.8. The molecule has 0 aromatic rings. The van der Waals surface area contributed by atoms with E-state index in [1.54, 1.807) is 0 Å². The minimum atomic E-state index is -2.80. The first-order valence-corrected chi connectivity index (χ1v) is 4.08. The number of esters is 1. The van der Waals surface area contributed by atoms with E-state index < -0.39 is 17.8 Å². The first kappa shape index (κ1) is 10.4. The Balaban J connectivity index is 2.51. The van der Waals surface area contributed by atoms with Gasteiger partial charge in [0.05, 0.1) is 32.7 Å². The molecule has 3 nitrogen and oxygen atoms in total. The average molecular weight is 194 g/mol. The molecule has 13 heavy (non-hydrogen) atoms. The molecular formula is C8H12F2O3. The second-order valence-electron chi connectivity index (χ2n) is 3.06. The molecule has 0 aliphatic carbocycles. The monoisotopic (exact) mass is 194 g/mol. The maximum Gasteiger partial charge on any atom is 0.306 e. The molecule has 0 radical (unpaired) electrons. The smallest absolute Gasteiger partial charge is 0.306 e. The summed E-state index contributed by atoms with van der Waals surface area (Å²) in [6, 6.07) is 0. The van der Waals surface area contributed by atoms with Gasteiger partial charge in [-0.3, -0.25) is 4.79 Å². The van der Waals surface area contributed by atoms with Crippen molar-refractivity contribution in [1.82, 2.24) is 0 Å². The molecule has 1 heterocycles. The zero-order valence-electron chi connectivity index (χ0n) is 7.39. The summed E-state index contributed by atoms with van der Waals surface area (Å²) in [6.07, 6.45) is -0.585. The lowest BCUT2D eigenvalue weighted by molar-refractivity contribution is -0.163. The lowest BCUT2D eigenvalue weighted by Crippen LogP contribution is -2.39. The second kappa shape index (κ2) is 4.00. The lowest BCUT2D eigenvalue weighted by atomic mass is 9.94. The molecule has 76 valence electrons. The van der Waals surface area contributed by atoms with Gasteiger partial charge in [-0.2, -0.15) is 0 Å². The molecule has 0 amide bonds. The number of carbonyl (C=O) groups is 1. The highest BCUT2D eigenvalue weighted by molar-refractivity contribution is 5.69. The standard InChI is InChI=1S/C8H12F2O3/c1-12-7(11)4-6-5-13-3-2-8(6,9)10/h6H,2-5H2,1H3. The number of alkyl halides is 2. The van der Waals surface area contributed by atoms with E-state index in [9.17, 15) is 13.6 Å². The fourth-order valence-corrected chi connectivity index (χ4v) is 1.25. The van der Waals surface area contributed by atoms with Crippen LogP contribution in [0.1, 0.15) is 12.8 Å². The molecule has 1 aliphatic heterocycles. The Kier molecular flexibility index (Phi) is 3.19. The molecule has 0 bridgehead atoms. The van der Waals surface area contributed by atoms with Gasteiger partial charge in [0.25, 0.3) is 5.92 Å². The van der Waals surface area contributed by atoms with Crippen LogP contribution in [0, 0.1) is 5.92 Å². The van der Waals surface area contributed by atoms with Crippen molar-refractivity contribution >= 4 is 5.97 Å². The van der Waals surface area contributed by atoms with Gasteiger partial charge in [0.15, 0.2) is 0 Å². The summed E-state index contributed by atoms with van der Waals surface area (Å²) in [7, 11) is 1.18. The Morgan fingerprint density at radius 2 is 2.38 bits per heavy atom. The highest BCUT2D eigenvalue weighted by Gasteiger charge is 2.43. The Morgan fingerprint density at radius 3 is 2.92 bits per heavy atom. The average Bonchev–Trinajstić information content (AvgIpc) is 2.08. The number of hydrogen-bond donors (Lipinski definition) is 0. The number of rotatable bonds is 2. The van der Waals surface area contributed by atoms with Gasteiger partial charge in [0, 0.05) is 6.42 Å². The van der Waals surface area contributed by atoms with E-state index in [-0.39, 0.29) is 26.1 Å². The molecule has 0 N–H and O–H groups in total. The zero-order chi connectivity index (χ0) is 9.90. The van der Waals surface area contributed by atoms with Crippen molar-refractivity contribution in [3.05, 3.63) is 0 Å². The fraction of sp³-hybridized carbons (Fsp3) is 0.875. The van der Waals surface area contributed by atoms with Crippen molar-refractivity contribution in [2.75, 3.05) is 20.3 Å². The number of carbonyl (C=O) groups excluding carboxylic acids is 1. The molecule has 1 fully saturated rings. The molecule has 1 saturated heterocycles. The summed E-state index contributed by atoms with van der Waals surface area (Å²) in [6.45, 7) is -0.00717. The minimum absolute atomic E-state index is 0.0602. The van der Waals surface area contributed by atoms with Gasteiger partial charge < -0.3 is 9.47 Å². The third kappa shape index (κ3) is 2.62. The highest BCUT2D eigenvalue weighted by atomic mass is 19.3. The number of ether oxygens (including phenoxy) is 2. The van der Waals surface area contributed by atoms with Gasteiger partial charge in [0.2, 0.25) is 0 Å². The van der Waals surface area contributed by atoms with Crippen LogP contribution in [0.5, 0.6) is 0 Å². The molecule has 0 saturated carbocycles. The van der Waals surface area contributed by atoms with E-state index in [2.05, 4.69) is 4.74 Å². The number of hydrogen-bond acceptors (Lipinski definition) is 3. The summed E-state index contributed by atoms with van der Waals surface area (Å²) < 4.78 is 35.3. The Bertz CT molecular complexity index is 194. The Morgan fingerprint density at radius 1 is 1.69 bits per heavy atom. The van der Waals surface area contributed by atoms with Crippen LogP contribution in [0.2, 0.25) is 0 Å². The first-order chi connectivity index (χ1) is 6.06. The van der Waals surface area contributed by atoms with Crippen LogP contribution in [0.4, 0.5) is 8.78 Å². The SMILES string of the molecule is COC(=O)CC1COCCC1(F)F. The first-order valence-electron chi connectivity index (χ1n) is 4.08. The van der Waals surface area contributed by atoms with Crippen LogP contribution in [0.15, 0.2) is 0 Å². The van der Waals surface area contributed by atoms with Crippen LogP contribution in [-0.2, 0) is 14.3 Å². The van der Waals surface area contributed by atoms with Gasteiger partial charge in [0.1, 0.15) is 0 Å². The Labute approximate surface area is 75.0 Å². The predicted octanol–water partition coefficient (Wildman–Crippen LogP) is 1.22. The van der Waals surface area contributed by atoms with Crippen LogP contribution >= 0.6 is 0 Å². The summed E-state index contributed by atoms with van der Waals surface area (Å²) in [5, 5.41) is 0. The van der Waals surface area contributed by atoms with E-state index in [4.69, 9.17) is 4.74 Å². The van der Waals surface area contributed by atoms with Crippen molar-refractivity contribution in [3.8, 4) is 0 Å². The molecule has 1 rings (SSSR count). The van der Waals surface area contributed by atoms with Gasteiger partial charge in [-0.15, -0.1) is 0 Å². The summed E-state index contributed by atoms with van der Waals surface area (Å²) in [4.78, 5) is 10.8. The number of methoxy groups -OCH3 is 1. The van der Waals surface area contributed by atoms with E-state index in [0.717, 1.165) is 0 Å². The minimum Gasteiger partial charge on any atom is -0.469 e. The van der Waals surface area contributed by atoms with Crippen molar-refractivity contribution in [1.29, 1.82) is 0 Å². The predicted molar refractivity (Wildman–Crippen MR) is 40.5 cm³/mol. The van der Waals surface area contributed by atoms with Crippen LogP contribution in [0.3, 0.4) is 0 Å². The topological polar surface area (TPSA) is 35.5 Å². The lowest BCUT2D eigenvalue weighted by Gasteiger charge is -2.30. The van der Waals surface area contributed by atoms with Crippen LogP contribution < -0.4 is 0 Å². The molecular weight excluding hydrogens is 182 g/mol. The quantitative estimate of drug-likeness (QED) is 0.620. The van der Waals surface area contributed by atoms with Crippen LogP contribution in [-0.4, -0.2) is 32.2 Å². The van der Waals surface area contributed by atoms with E-state index in [0.29, 0.717) is 0 Å². The third-order valence-corrected chi connectivity index (χ3v) is 2.14. The van der Waals surface area contributed by atoms with Crippen LogP contribution in [0.25, 0.3) is 0 Å². The molecule has 1 atom stereocenters. The molecule has 0 aromatic heterocycles. The van der Waals surface area contributed by atoms with Crippen molar-refractivity contribution < 1.29 is 23.0 Å². The van der Waals surface area contributed by atoms with Gasteiger partial charge in [-0.25, -0.2) is 8.78 Å². The third-order valence-electron chi connectivity index (χ3n) is 2.14. The van der Waals surface area contributed by atoms with Crippen molar-refractivity contribution in [2.45, 2.75) is 18.8 Å².